The highest BCUT2D eigenvalue weighted by atomic mass is 32.2. The molecule has 0 radical (unpaired) electrons. The molecule has 0 saturated carbocycles. The largest absolute Gasteiger partial charge is 0.383 e. The summed E-state index contributed by atoms with van der Waals surface area (Å²) >= 11 is 0. The van der Waals surface area contributed by atoms with Crippen LogP contribution in [0.1, 0.15) is 20.3 Å². The summed E-state index contributed by atoms with van der Waals surface area (Å²) in [5.74, 6) is 0.652. The molecule has 0 fully saturated rings. The van der Waals surface area contributed by atoms with Crippen LogP contribution in [-0.2, 0) is 14.8 Å². The first-order valence-corrected chi connectivity index (χ1v) is 7.88. The Hall–Kier alpha value is -1.11. The average Bonchev–Trinajstić information content (AvgIpc) is 2.32. The molecule has 0 heterocycles. The fraction of sp³-hybridized carbons (Fsp3) is 0.538. The molecule has 0 unspecified atom stereocenters. The lowest BCUT2D eigenvalue weighted by Gasteiger charge is -2.09. The number of benzene rings is 1. The number of sulfonamides is 1. The van der Waals surface area contributed by atoms with Gasteiger partial charge in [-0.25, -0.2) is 13.6 Å². The van der Waals surface area contributed by atoms with Crippen LogP contribution in [-0.4, -0.2) is 28.2 Å². The van der Waals surface area contributed by atoms with Gasteiger partial charge in [0.2, 0.25) is 10.0 Å². The summed E-state index contributed by atoms with van der Waals surface area (Å²) in [6.45, 7) is 6.41. The van der Waals surface area contributed by atoms with Gasteiger partial charge in [0, 0.05) is 18.8 Å². The molecular weight excluding hydrogens is 264 g/mol. The van der Waals surface area contributed by atoms with Gasteiger partial charge < -0.3 is 10.1 Å². The predicted molar refractivity (Wildman–Crippen MR) is 76.6 cm³/mol. The molecule has 0 aliphatic carbocycles. The lowest BCUT2D eigenvalue weighted by molar-refractivity contribution is 0.132. The molecule has 1 aromatic carbocycles. The molecule has 5 nitrogen and oxygen atoms in total. The molecular formula is C13H22N2O3S. The Bertz CT molecular complexity index is 469. The van der Waals surface area contributed by atoms with Gasteiger partial charge in [0.1, 0.15) is 0 Å². The molecule has 0 saturated heterocycles. The molecule has 0 amide bonds. The smallest absolute Gasteiger partial charge is 0.238 e. The third-order valence-corrected chi connectivity index (χ3v) is 3.53. The van der Waals surface area contributed by atoms with E-state index in [1.165, 1.54) is 12.1 Å². The zero-order valence-electron chi connectivity index (χ0n) is 11.4. The van der Waals surface area contributed by atoms with Gasteiger partial charge in [-0.15, -0.1) is 0 Å². The topological polar surface area (TPSA) is 81.4 Å². The zero-order chi connectivity index (χ0) is 14.3. The van der Waals surface area contributed by atoms with Crippen molar-refractivity contribution in [3.05, 3.63) is 24.3 Å². The van der Waals surface area contributed by atoms with E-state index in [0.717, 1.165) is 18.7 Å². The van der Waals surface area contributed by atoms with Crippen LogP contribution in [0.15, 0.2) is 29.2 Å². The van der Waals surface area contributed by atoms with Crippen LogP contribution < -0.4 is 10.5 Å². The second-order valence-electron chi connectivity index (χ2n) is 4.79. The van der Waals surface area contributed by atoms with Crippen molar-refractivity contribution in [3.8, 4) is 0 Å². The highest BCUT2D eigenvalue weighted by molar-refractivity contribution is 7.89. The second-order valence-corrected chi connectivity index (χ2v) is 6.35. The molecule has 0 aliphatic rings. The highest BCUT2D eigenvalue weighted by Gasteiger charge is 2.06. The Morgan fingerprint density at radius 2 is 1.84 bits per heavy atom. The van der Waals surface area contributed by atoms with E-state index in [1.54, 1.807) is 12.1 Å². The first-order chi connectivity index (χ1) is 8.89. The van der Waals surface area contributed by atoms with Crippen LogP contribution in [0.4, 0.5) is 5.69 Å². The summed E-state index contributed by atoms with van der Waals surface area (Å²) in [5.41, 5.74) is 0.847. The van der Waals surface area contributed by atoms with Gasteiger partial charge in [-0.2, -0.15) is 0 Å². The molecule has 1 aromatic rings. The van der Waals surface area contributed by atoms with E-state index in [0.29, 0.717) is 19.1 Å². The Labute approximate surface area is 115 Å². The van der Waals surface area contributed by atoms with Gasteiger partial charge in [-0.3, -0.25) is 0 Å². The van der Waals surface area contributed by atoms with Gasteiger partial charge in [0.15, 0.2) is 0 Å². The molecule has 6 heteroatoms. The average molecular weight is 286 g/mol. The summed E-state index contributed by atoms with van der Waals surface area (Å²) in [6.07, 6.45) is 1.06. The molecule has 0 aromatic heterocycles. The SMILES string of the molecule is CC(C)CCOCCNc1ccc(S(N)(=O)=O)cc1. The third kappa shape index (κ3) is 6.56. The number of nitrogens with two attached hydrogens (primary N) is 1. The zero-order valence-corrected chi connectivity index (χ0v) is 12.2. The fourth-order valence-corrected chi connectivity index (χ4v) is 1.97. The second kappa shape index (κ2) is 7.47. The minimum absolute atomic E-state index is 0.117. The number of rotatable bonds is 8. The minimum Gasteiger partial charge on any atom is -0.383 e. The Balaban J connectivity index is 2.27. The van der Waals surface area contributed by atoms with E-state index in [9.17, 15) is 8.42 Å². The van der Waals surface area contributed by atoms with Crippen LogP contribution in [0.25, 0.3) is 0 Å². The van der Waals surface area contributed by atoms with Crippen LogP contribution in [0.5, 0.6) is 0 Å². The van der Waals surface area contributed by atoms with Gasteiger partial charge in [0.25, 0.3) is 0 Å². The summed E-state index contributed by atoms with van der Waals surface area (Å²) in [5, 5.41) is 8.17. The summed E-state index contributed by atoms with van der Waals surface area (Å²) in [7, 11) is -3.61. The van der Waals surface area contributed by atoms with E-state index in [-0.39, 0.29) is 4.90 Å². The first kappa shape index (κ1) is 15.9. The number of hydrogen-bond acceptors (Lipinski definition) is 4. The lowest BCUT2D eigenvalue weighted by atomic mass is 10.1. The maximum atomic E-state index is 11.1. The van der Waals surface area contributed by atoms with Crippen LogP contribution in [0.3, 0.4) is 0 Å². The Morgan fingerprint density at radius 1 is 1.21 bits per heavy atom. The third-order valence-electron chi connectivity index (χ3n) is 2.60. The number of hydrogen-bond donors (Lipinski definition) is 2. The lowest BCUT2D eigenvalue weighted by Crippen LogP contribution is -2.13. The van der Waals surface area contributed by atoms with Crippen molar-refractivity contribution >= 4 is 15.7 Å². The quantitative estimate of drug-likeness (QED) is 0.714. The number of nitrogens with one attached hydrogen (secondary N) is 1. The molecule has 0 bridgehead atoms. The monoisotopic (exact) mass is 286 g/mol. The van der Waals surface area contributed by atoms with E-state index in [1.807, 2.05) is 0 Å². The highest BCUT2D eigenvalue weighted by Crippen LogP contribution is 2.12. The van der Waals surface area contributed by atoms with Crippen molar-refractivity contribution in [2.24, 2.45) is 11.1 Å². The van der Waals surface area contributed by atoms with Crippen molar-refractivity contribution in [3.63, 3.8) is 0 Å². The maximum absolute atomic E-state index is 11.1. The number of anilines is 1. The molecule has 19 heavy (non-hydrogen) atoms. The van der Waals surface area contributed by atoms with Crippen molar-refractivity contribution in [1.29, 1.82) is 0 Å². The van der Waals surface area contributed by atoms with Crippen LogP contribution in [0, 0.1) is 5.92 Å². The fourth-order valence-electron chi connectivity index (χ4n) is 1.45. The van der Waals surface area contributed by atoms with Gasteiger partial charge in [0.05, 0.1) is 11.5 Å². The van der Waals surface area contributed by atoms with Gasteiger partial charge in [-0.05, 0) is 36.6 Å². The summed E-state index contributed by atoms with van der Waals surface area (Å²) in [4.78, 5) is 0.117. The van der Waals surface area contributed by atoms with Crippen LogP contribution >= 0.6 is 0 Å². The van der Waals surface area contributed by atoms with Crippen LogP contribution in [0.2, 0.25) is 0 Å². The Morgan fingerprint density at radius 3 is 2.37 bits per heavy atom. The van der Waals surface area contributed by atoms with Crippen molar-refractivity contribution in [1.82, 2.24) is 0 Å². The number of primary sulfonamides is 1. The van der Waals surface area contributed by atoms with E-state index in [2.05, 4.69) is 19.2 Å². The number of ether oxygens (including phenoxy) is 1. The van der Waals surface area contributed by atoms with Crippen molar-refractivity contribution in [2.75, 3.05) is 25.1 Å². The van der Waals surface area contributed by atoms with E-state index in [4.69, 9.17) is 9.88 Å². The Kier molecular flexibility index (Phi) is 6.27. The molecule has 0 aliphatic heterocycles. The predicted octanol–water partition coefficient (Wildman–Crippen LogP) is 1.81. The molecule has 0 atom stereocenters. The van der Waals surface area contributed by atoms with Crippen molar-refractivity contribution in [2.45, 2.75) is 25.2 Å². The standard InChI is InChI=1S/C13H22N2O3S/c1-11(2)7-9-18-10-8-15-12-3-5-13(6-4-12)19(14,16)17/h3-6,11,15H,7-10H2,1-2H3,(H2,14,16,17). The molecule has 108 valence electrons. The summed E-state index contributed by atoms with van der Waals surface area (Å²) in [6, 6.07) is 6.34. The normalized spacial score (nSPS) is 11.8. The van der Waals surface area contributed by atoms with E-state index >= 15 is 0 Å². The van der Waals surface area contributed by atoms with E-state index < -0.39 is 10.0 Å². The van der Waals surface area contributed by atoms with Gasteiger partial charge in [-0.1, -0.05) is 13.8 Å². The van der Waals surface area contributed by atoms with Crippen molar-refractivity contribution < 1.29 is 13.2 Å². The summed E-state index contributed by atoms with van der Waals surface area (Å²) < 4.78 is 27.6. The minimum atomic E-state index is -3.61. The first-order valence-electron chi connectivity index (χ1n) is 6.34. The molecule has 1 rings (SSSR count). The maximum Gasteiger partial charge on any atom is 0.238 e. The molecule has 0 spiro atoms. The molecule has 3 N–H and O–H groups in total. The van der Waals surface area contributed by atoms with Gasteiger partial charge >= 0.3 is 0 Å².